The molecule has 17 heavy (non-hydrogen) atoms. The van der Waals surface area contributed by atoms with Crippen LogP contribution in [-0.4, -0.2) is 24.9 Å². The Balaban J connectivity index is 2.99. The van der Waals surface area contributed by atoms with E-state index >= 15 is 0 Å². The van der Waals surface area contributed by atoms with E-state index in [1.54, 1.807) is 13.8 Å². The maximum absolute atomic E-state index is 13.6. The summed E-state index contributed by atoms with van der Waals surface area (Å²) in [7, 11) is -3.89. The number of rotatable bonds is 4. The first-order valence-corrected chi connectivity index (χ1v) is 7.31. The maximum atomic E-state index is 13.6. The second-order valence-corrected chi connectivity index (χ2v) is 6.68. The molecule has 0 aliphatic carbocycles. The van der Waals surface area contributed by atoms with Gasteiger partial charge in [0.2, 0.25) is 10.0 Å². The van der Waals surface area contributed by atoms with E-state index in [0.717, 1.165) is 17.8 Å². The van der Waals surface area contributed by atoms with E-state index in [1.807, 2.05) is 0 Å². The van der Waals surface area contributed by atoms with Gasteiger partial charge in [0.05, 0.1) is 11.0 Å². The zero-order chi connectivity index (χ0) is 13.2. The van der Waals surface area contributed by atoms with E-state index < -0.39 is 21.9 Å². The molecule has 3 N–H and O–H groups in total. The van der Waals surface area contributed by atoms with Gasteiger partial charge in [0.1, 0.15) is 5.82 Å². The number of aliphatic hydroxyl groups excluding tert-OH is 1. The van der Waals surface area contributed by atoms with Gasteiger partial charge in [0.25, 0.3) is 0 Å². The molecular formula is C10H14FNO3S2. The Hall–Kier alpha value is -0.630. The largest absolute Gasteiger partial charge is 0.392 e. The van der Waals surface area contributed by atoms with Gasteiger partial charge in [-0.05, 0) is 25.1 Å². The molecule has 0 aromatic heterocycles. The summed E-state index contributed by atoms with van der Waals surface area (Å²) in [5.74, 6) is -0.658. The Bertz CT molecular complexity index is 502. The number of halogens is 1. The van der Waals surface area contributed by atoms with Crippen LogP contribution in [0.3, 0.4) is 0 Å². The lowest BCUT2D eigenvalue weighted by Crippen LogP contribution is -2.15. The van der Waals surface area contributed by atoms with Crippen LogP contribution in [0.1, 0.15) is 13.8 Å². The lowest BCUT2D eigenvalue weighted by molar-refractivity contribution is 0.196. The average molecular weight is 279 g/mol. The minimum Gasteiger partial charge on any atom is -0.392 e. The molecule has 0 aliphatic heterocycles. The molecule has 0 saturated heterocycles. The fraction of sp³-hybridized carbons (Fsp3) is 0.400. The third-order valence-electron chi connectivity index (χ3n) is 2.22. The summed E-state index contributed by atoms with van der Waals surface area (Å²) in [4.78, 5) is 0.0230. The van der Waals surface area contributed by atoms with Crippen molar-refractivity contribution in [2.45, 2.75) is 35.0 Å². The van der Waals surface area contributed by atoms with Gasteiger partial charge in [0.15, 0.2) is 0 Å². The zero-order valence-corrected chi connectivity index (χ0v) is 11.1. The molecule has 0 heterocycles. The number of thioether (sulfide) groups is 1. The lowest BCUT2D eigenvalue weighted by atomic mass is 10.3. The zero-order valence-electron chi connectivity index (χ0n) is 9.42. The summed E-state index contributed by atoms with van der Waals surface area (Å²) in [5, 5.41) is 14.0. The van der Waals surface area contributed by atoms with Gasteiger partial charge in [-0.15, -0.1) is 11.8 Å². The van der Waals surface area contributed by atoms with E-state index in [4.69, 9.17) is 5.14 Å². The van der Waals surface area contributed by atoms with Crippen molar-refractivity contribution in [3.05, 3.63) is 24.0 Å². The van der Waals surface area contributed by atoms with E-state index in [1.165, 1.54) is 12.1 Å². The summed E-state index contributed by atoms with van der Waals surface area (Å²) >= 11 is 1.14. The molecule has 1 rings (SSSR count). The van der Waals surface area contributed by atoms with Crippen molar-refractivity contribution >= 4 is 21.8 Å². The van der Waals surface area contributed by atoms with Crippen molar-refractivity contribution in [3.8, 4) is 0 Å². The SMILES string of the molecule is CC(O)C(C)Sc1ccc(S(N)(=O)=O)cc1F. The predicted octanol–water partition coefficient (Wildman–Crippen LogP) is 1.33. The molecule has 0 spiro atoms. The molecule has 4 nitrogen and oxygen atoms in total. The van der Waals surface area contributed by atoms with Gasteiger partial charge in [-0.1, -0.05) is 6.92 Å². The second-order valence-electron chi connectivity index (χ2n) is 3.70. The molecule has 0 aliphatic rings. The third kappa shape index (κ3) is 3.95. The summed E-state index contributed by atoms with van der Waals surface area (Å²) in [6.07, 6.45) is -0.586. The van der Waals surface area contributed by atoms with Crippen molar-refractivity contribution in [3.63, 3.8) is 0 Å². The van der Waals surface area contributed by atoms with Crippen LogP contribution in [0, 0.1) is 5.82 Å². The highest BCUT2D eigenvalue weighted by molar-refractivity contribution is 8.00. The molecule has 2 atom stereocenters. The van der Waals surface area contributed by atoms with Crippen molar-refractivity contribution < 1.29 is 17.9 Å². The highest BCUT2D eigenvalue weighted by Gasteiger charge is 2.16. The smallest absolute Gasteiger partial charge is 0.238 e. The van der Waals surface area contributed by atoms with Gasteiger partial charge in [-0.3, -0.25) is 0 Å². The molecule has 0 radical (unpaired) electrons. The van der Waals surface area contributed by atoms with Crippen LogP contribution < -0.4 is 5.14 Å². The van der Waals surface area contributed by atoms with E-state index in [9.17, 15) is 17.9 Å². The van der Waals surface area contributed by atoms with Crippen molar-refractivity contribution in [1.29, 1.82) is 0 Å². The average Bonchev–Trinajstić information content (AvgIpc) is 2.19. The fourth-order valence-corrected chi connectivity index (χ4v) is 2.49. The fourth-order valence-electron chi connectivity index (χ4n) is 1.05. The van der Waals surface area contributed by atoms with Gasteiger partial charge in [-0.2, -0.15) is 0 Å². The number of hydrogen-bond acceptors (Lipinski definition) is 4. The minimum atomic E-state index is -3.89. The number of nitrogens with two attached hydrogens (primary N) is 1. The Kier molecular flexibility index (Phi) is 4.54. The first-order chi connectivity index (χ1) is 7.71. The van der Waals surface area contributed by atoms with Crippen LogP contribution in [0.2, 0.25) is 0 Å². The van der Waals surface area contributed by atoms with Crippen molar-refractivity contribution in [2.75, 3.05) is 0 Å². The predicted molar refractivity (Wildman–Crippen MR) is 64.8 cm³/mol. The van der Waals surface area contributed by atoms with E-state index in [-0.39, 0.29) is 15.0 Å². The number of primary sulfonamides is 1. The Morgan fingerprint density at radius 2 is 2.00 bits per heavy atom. The Morgan fingerprint density at radius 3 is 2.41 bits per heavy atom. The molecular weight excluding hydrogens is 265 g/mol. The first-order valence-electron chi connectivity index (χ1n) is 4.89. The number of benzene rings is 1. The van der Waals surface area contributed by atoms with Crippen LogP contribution in [0.15, 0.2) is 28.0 Å². The van der Waals surface area contributed by atoms with Crippen LogP contribution in [0.5, 0.6) is 0 Å². The molecule has 0 fully saturated rings. The van der Waals surface area contributed by atoms with Crippen molar-refractivity contribution in [2.24, 2.45) is 5.14 Å². The number of sulfonamides is 1. The highest BCUT2D eigenvalue weighted by atomic mass is 32.2. The molecule has 1 aromatic rings. The Labute approximate surface area is 104 Å². The normalized spacial score (nSPS) is 15.6. The monoisotopic (exact) mass is 279 g/mol. The minimum absolute atomic E-state index is 0.190. The maximum Gasteiger partial charge on any atom is 0.238 e. The van der Waals surface area contributed by atoms with Gasteiger partial charge in [-0.25, -0.2) is 17.9 Å². The van der Waals surface area contributed by atoms with E-state index in [0.29, 0.717) is 0 Å². The lowest BCUT2D eigenvalue weighted by Gasteiger charge is -2.14. The van der Waals surface area contributed by atoms with Crippen molar-refractivity contribution in [1.82, 2.24) is 0 Å². The molecule has 0 saturated carbocycles. The third-order valence-corrected chi connectivity index (χ3v) is 4.49. The summed E-state index contributed by atoms with van der Waals surface area (Å²) in [6, 6.07) is 3.47. The number of hydrogen-bond donors (Lipinski definition) is 2. The summed E-state index contributed by atoms with van der Waals surface area (Å²) < 4.78 is 35.6. The van der Waals surface area contributed by atoms with Gasteiger partial charge >= 0.3 is 0 Å². The summed E-state index contributed by atoms with van der Waals surface area (Å²) in [5.41, 5.74) is 0. The molecule has 0 bridgehead atoms. The first kappa shape index (κ1) is 14.4. The molecule has 7 heteroatoms. The summed E-state index contributed by atoms with van der Waals surface area (Å²) in [6.45, 7) is 3.36. The molecule has 0 amide bonds. The second kappa shape index (κ2) is 5.34. The van der Waals surface area contributed by atoms with Crippen LogP contribution in [0.4, 0.5) is 4.39 Å². The van der Waals surface area contributed by atoms with Crippen LogP contribution >= 0.6 is 11.8 Å². The molecule has 1 aromatic carbocycles. The Morgan fingerprint density at radius 1 is 1.41 bits per heavy atom. The topological polar surface area (TPSA) is 80.4 Å². The van der Waals surface area contributed by atoms with Gasteiger partial charge in [0, 0.05) is 10.1 Å². The van der Waals surface area contributed by atoms with Gasteiger partial charge < -0.3 is 5.11 Å². The van der Waals surface area contributed by atoms with Crippen LogP contribution in [0.25, 0.3) is 0 Å². The molecule has 96 valence electrons. The molecule has 2 unspecified atom stereocenters. The number of aliphatic hydroxyl groups is 1. The standard InChI is InChI=1S/C10H14FNO3S2/c1-6(13)7(2)16-10-4-3-8(5-9(10)11)17(12,14)15/h3-7,13H,1-2H3,(H2,12,14,15). The van der Waals surface area contributed by atoms with E-state index in [2.05, 4.69) is 0 Å². The quantitative estimate of drug-likeness (QED) is 0.815. The van der Waals surface area contributed by atoms with Crippen LogP contribution in [-0.2, 0) is 10.0 Å². The highest BCUT2D eigenvalue weighted by Crippen LogP contribution is 2.28.